The number of nitrogens with zero attached hydrogens (tertiary/aromatic N) is 1. The van der Waals surface area contributed by atoms with Crippen LogP contribution in [0.2, 0.25) is 0 Å². The van der Waals surface area contributed by atoms with Gasteiger partial charge in [0.2, 0.25) is 5.91 Å². The monoisotopic (exact) mass is 302 g/mol. The maximum absolute atomic E-state index is 12.9. The number of nitrogens with one attached hydrogen (secondary N) is 1. The molecular weight excluding hydrogens is 281 g/mol. The molecule has 1 aromatic rings. The van der Waals surface area contributed by atoms with Crippen molar-refractivity contribution in [1.82, 2.24) is 10.2 Å². The molecule has 6 heteroatoms. The van der Waals surface area contributed by atoms with Crippen molar-refractivity contribution in [3.05, 3.63) is 35.4 Å². The maximum atomic E-state index is 12.9. The van der Waals surface area contributed by atoms with E-state index < -0.39 is 11.7 Å². The van der Waals surface area contributed by atoms with Crippen LogP contribution < -0.4 is 5.32 Å². The fraction of sp³-hybridized carbons (Fsp3) is 0.533. The second kappa shape index (κ2) is 7.45. The van der Waals surface area contributed by atoms with Gasteiger partial charge < -0.3 is 5.32 Å². The van der Waals surface area contributed by atoms with E-state index in [2.05, 4.69) is 5.32 Å². The van der Waals surface area contributed by atoms with E-state index in [1.807, 2.05) is 13.8 Å². The Hall–Kier alpha value is -1.56. The second-order valence-electron chi connectivity index (χ2n) is 5.53. The Morgan fingerprint density at radius 1 is 1.29 bits per heavy atom. The zero-order valence-electron chi connectivity index (χ0n) is 12.5. The van der Waals surface area contributed by atoms with Crippen molar-refractivity contribution in [2.75, 3.05) is 20.1 Å². The van der Waals surface area contributed by atoms with Crippen molar-refractivity contribution in [3.8, 4) is 0 Å². The molecule has 0 aliphatic carbocycles. The lowest BCUT2D eigenvalue weighted by Crippen LogP contribution is -2.36. The van der Waals surface area contributed by atoms with Crippen LogP contribution in [-0.4, -0.2) is 30.9 Å². The first-order valence-electron chi connectivity index (χ1n) is 6.80. The van der Waals surface area contributed by atoms with Crippen LogP contribution in [0.4, 0.5) is 13.2 Å². The molecule has 0 atom stereocenters. The van der Waals surface area contributed by atoms with Gasteiger partial charge in [-0.15, -0.1) is 0 Å². The van der Waals surface area contributed by atoms with Gasteiger partial charge in [-0.2, -0.15) is 13.2 Å². The van der Waals surface area contributed by atoms with E-state index in [1.165, 1.54) is 12.1 Å². The molecule has 0 radical (unpaired) electrons. The normalized spacial score (nSPS) is 12.0. The lowest BCUT2D eigenvalue weighted by molar-refractivity contribution is -0.138. The van der Waals surface area contributed by atoms with Crippen LogP contribution in [0.1, 0.15) is 25.0 Å². The average Bonchev–Trinajstić information content (AvgIpc) is 2.35. The van der Waals surface area contributed by atoms with Crippen molar-refractivity contribution in [3.63, 3.8) is 0 Å². The average molecular weight is 302 g/mol. The van der Waals surface area contributed by atoms with Crippen LogP contribution in [0.25, 0.3) is 0 Å². The highest BCUT2D eigenvalue weighted by atomic mass is 19.4. The number of hydrogen-bond donors (Lipinski definition) is 1. The highest BCUT2D eigenvalue weighted by Crippen LogP contribution is 2.32. The molecular formula is C15H21F3N2O. The fourth-order valence-electron chi connectivity index (χ4n) is 1.90. The molecule has 0 aromatic heterocycles. The van der Waals surface area contributed by atoms with Gasteiger partial charge in [-0.1, -0.05) is 32.0 Å². The van der Waals surface area contributed by atoms with E-state index >= 15 is 0 Å². The minimum Gasteiger partial charge on any atom is -0.355 e. The van der Waals surface area contributed by atoms with E-state index in [4.69, 9.17) is 0 Å². The summed E-state index contributed by atoms with van der Waals surface area (Å²) in [6, 6.07) is 5.42. The molecule has 1 aromatic carbocycles. The number of hydrogen-bond acceptors (Lipinski definition) is 2. The largest absolute Gasteiger partial charge is 0.416 e. The van der Waals surface area contributed by atoms with E-state index in [0.717, 1.165) is 6.07 Å². The Morgan fingerprint density at radius 3 is 2.48 bits per heavy atom. The molecule has 1 N–H and O–H groups in total. The molecule has 1 rings (SSSR count). The number of amides is 1. The van der Waals surface area contributed by atoms with Gasteiger partial charge in [0.25, 0.3) is 0 Å². The standard InChI is InChI=1S/C15H21F3N2O/c1-11(2)8-19-14(21)10-20(3)9-12-6-4-5-7-13(12)15(16,17)18/h4-7,11H,8-10H2,1-3H3,(H,19,21). The predicted octanol–water partition coefficient (Wildman–Crippen LogP) is 2.91. The lowest BCUT2D eigenvalue weighted by atomic mass is 10.1. The predicted molar refractivity (Wildman–Crippen MR) is 75.6 cm³/mol. The summed E-state index contributed by atoms with van der Waals surface area (Å²) in [7, 11) is 1.63. The topological polar surface area (TPSA) is 32.3 Å². The first-order valence-corrected chi connectivity index (χ1v) is 6.80. The van der Waals surface area contributed by atoms with Crippen molar-refractivity contribution in [2.24, 2.45) is 5.92 Å². The van der Waals surface area contributed by atoms with Crippen LogP contribution in [0.3, 0.4) is 0 Å². The Kier molecular flexibility index (Phi) is 6.20. The van der Waals surface area contributed by atoms with E-state index in [1.54, 1.807) is 18.0 Å². The minimum atomic E-state index is -4.38. The van der Waals surface area contributed by atoms with Gasteiger partial charge in [0.15, 0.2) is 0 Å². The molecule has 0 aliphatic heterocycles. The molecule has 118 valence electrons. The summed E-state index contributed by atoms with van der Waals surface area (Å²) in [5.41, 5.74) is -0.483. The van der Waals surface area contributed by atoms with Crippen LogP contribution in [0.15, 0.2) is 24.3 Å². The molecule has 1 amide bonds. The van der Waals surface area contributed by atoms with Gasteiger partial charge in [-0.3, -0.25) is 9.69 Å². The van der Waals surface area contributed by atoms with Crippen LogP contribution >= 0.6 is 0 Å². The van der Waals surface area contributed by atoms with Crippen molar-refractivity contribution >= 4 is 5.91 Å². The minimum absolute atomic E-state index is 0.0684. The first-order chi connectivity index (χ1) is 9.70. The summed E-state index contributed by atoms with van der Waals surface area (Å²) in [4.78, 5) is 13.2. The van der Waals surface area contributed by atoms with Crippen LogP contribution in [-0.2, 0) is 17.5 Å². The number of benzene rings is 1. The van der Waals surface area contributed by atoms with Gasteiger partial charge >= 0.3 is 6.18 Å². The van der Waals surface area contributed by atoms with Crippen LogP contribution in [0, 0.1) is 5.92 Å². The third kappa shape index (κ3) is 6.16. The highest BCUT2D eigenvalue weighted by Gasteiger charge is 2.33. The Balaban J connectivity index is 2.63. The third-order valence-electron chi connectivity index (χ3n) is 2.88. The fourth-order valence-corrected chi connectivity index (χ4v) is 1.90. The smallest absolute Gasteiger partial charge is 0.355 e. The summed E-state index contributed by atoms with van der Waals surface area (Å²) < 4.78 is 38.6. The maximum Gasteiger partial charge on any atom is 0.416 e. The molecule has 21 heavy (non-hydrogen) atoms. The third-order valence-corrected chi connectivity index (χ3v) is 2.88. The highest BCUT2D eigenvalue weighted by molar-refractivity contribution is 5.77. The summed E-state index contributed by atoms with van der Waals surface area (Å²) in [6.07, 6.45) is -4.38. The van der Waals surface area contributed by atoms with Gasteiger partial charge in [-0.05, 0) is 24.6 Å². The van der Waals surface area contributed by atoms with E-state index in [9.17, 15) is 18.0 Å². The molecule has 0 saturated heterocycles. The molecule has 0 aliphatic rings. The molecule has 0 fully saturated rings. The molecule has 0 saturated carbocycles. The van der Waals surface area contributed by atoms with Crippen LogP contribution in [0.5, 0.6) is 0 Å². The summed E-state index contributed by atoms with van der Waals surface area (Å²) >= 11 is 0. The number of alkyl halides is 3. The summed E-state index contributed by atoms with van der Waals surface area (Å²) in [6.45, 7) is 4.66. The van der Waals surface area contributed by atoms with Crippen molar-refractivity contribution in [2.45, 2.75) is 26.6 Å². The Morgan fingerprint density at radius 2 is 1.90 bits per heavy atom. The zero-order chi connectivity index (χ0) is 16.0. The SMILES string of the molecule is CC(C)CNC(=O)CN(C)Cc1ccccc1C(F)(F)F. The number of rotatable bonds is 6. The molecule has 3 nitrogen and oxygen atoms in total. The number of carbonyl (C=O) groups excluding carboxylic acids is 1. The molecule has 0 spiro atoms. The lowest BCUT2D eigenvalue weighted by Gasteiger charge is -2.19. The summed E-state index contributed by atoms with van der Waals surface area (Å²) in [5.74, 6) is 0.154. The molecule has 0 heterocycles. The zero-order valence-corrected chi connectivity index (χ0v) is 12.5. The number of likely N-dealkylation sites (N-methyl/N-ethyl adjacent to an activating group) is 1. The molecule has 0 unspecified atom stereocenters. The van der Waals surface area contributed by atoms with Gasteiger partial charge in [0.1, 0.15) is 0 Å². The van der Waals surface area contributed by atoms with E-state index in [-0.39, 0.29) is 24.6 Å². The Bertz CT molecular complexity index is 472. The van der Waals surface area contributed by atoms with Gasteiger partial charge in [0.05, 0.1) is 12.1 Å². The number of halogens is 3. The molecule has 0 bridgehead atoms. The van der Waals surface area contributed by atoms with Crippen molar-refractivity contribution in [1.29, 1.82) is 0 Å². The van der Waals surface area contributed by atoms with Gasteiger partial charge in [0, 0.05) is 13.1 Å². The number of carbonyl (C=O) groups is 1. The van der Waals surface area contributed by atoms with E-state index in [0.29, 0.717) is 12.5 Å². The second-order valence-corrected chi connectivity index (χ2v) is 5.53. The summed E-state index contributed by atoms with van der Waals surface area (Å²) in [5, 5.41) is 2.74. The quantitative estimate of drug-likeness (QED) is 0.876. The first kappa shape index (κ1) is 17.5. The Labute approximate surface area is 123 Å². The van der Waals surface area contributed by atoms with Crippen molar-refractivity contribution < 1.29 is 18.0 Å². The van der Waals surface area contributed by atoms with Gasteiger partial charge in [-0.25, -0.2) is 0 Å².